The van der Waals surface area contributed by atoms with Crippen LogP contribution >= 0.6 is 0 Å². The van der Waals surface area contributed by atoms with Gasteiger partial charge in [-0.3, -0.25) is 0 Å². The van der Waals surface area contributed by atoms with E-state index in [1.807, 2.05) is 18.6 Å². The van der Waals surface area contributed by atoms with Crippen molar-refractivity contribution < 1.29 is 13.2 Å². The average Bonchev–Trinajstić information content (AvgIpc) is 2.28. The molecule has 5 nitrogen and oxygen atoms in total. The lowest BCUT2D eigenvalue weighted by atomic mass is 10.2. The molecule has 6 heteroatoms. The van der Waals surface area contributed by atoms with Gasteiger partial charge in [-0.1, -0.05) is 24.6 Å². The minimum Gasteiger partial charge on any atom is -0.335 e. The number of hydrogen-bond donors (Lipinski definition) is 2. The Morgan fingerprint density at radius 3 is 2.33 bits per heavy atom. The van der Waals surface area contributed by atoms with Gasteiger partial charge in [0.15, 0.2) is 0 Å². The minimum atomic E-state index is -3.79. The maximum absolute atomic E-state index is 11.9. The first-order valence-corrected chi connectivity index (χ1v) is 7.23. The van der Waals surface area contributed by atoms with E-state index in [4.69, 9.17) is 0 Å². The zero-order valence-electron chi connectivity index (χ0n) is 10.7. The Balaban J connectivity index is 2.76. The van der Waals surface area contributed by atoms with Crippen molar-refractivity contribution in [3.8, 4) is 0 Å². The monoisotopic (exact) mass is 270 g/mol. The van der Waals surface area contributed by atoms with Gasteiger partial charge in [-0.15, -0.1) is 0 Å². The van der Waals surface area contributed by atoms with E-state index in [-0.39, 0.29) is 10.9 Å². The van der Waals surface area contributed by atoms with Crippen molar-refractivity contribution in [2.24, 2.45) is 0 Å². The van der Waals surface area contributed by atoms with Crippen LogP contribution < -0.4 is 10.0 Å². The first-order valence-electron chi connectivity index (χ1n) is 5.75. The molecule has 0 bridgehead atoms. The van der Waals surface area contributed by atoms with Crippen LogP contribution in [0.25, 0.3) is 0 Å². The number of urea groups is 1. The summed E-state index contributed by atoms with van der Waals surface area (Å²) in [5.74, 6) is 0. The lowest BCUT2D eigenvalue weighted by Gasteiger charge is -2.12. The summed E-state index contributed by atoms with van der Waals surface area (Å²) in [7, 11) is -3.79. The molecule has 1 aromatic carbocycles. The molecule has 18 heavy (non-hydrogen) atoms. The molecule has 0 unspecified atom stereocenters. The molecule has 1 aromatic rings. The highest BCUT2D eigenvalue weighted by atomic mass is 32.2. The van der Waals surface area contributed by atoms with Gasteiger partial charge in [0.05, 0.1) is 4.90 Å². The zero-order valence-corrected chi connectivity index (χ0v) is 11.5. The molecule has 100 valence electrons. The standard InChI is InChI=1S/C12H18N2O3S/c1-4-10(3)13-12(15)14-18(16,17)11-7-5-9(2)6-8-11/h5-8,10H,4H2,1-3H3,(H2,13,14,15)/t10-/m1/s1. The number of nitrogens with one attached hydrogen (secondary N) is 2. The third-order valence-corrected chi connectivity index (χ3v) is 3.90. The fourth-order valence-electron chi connectivity index (χ4n) is 1.25. The molecule has 0 aromatic heterocycles. The minimum absolute atomic E-state index is 0.0711. The molecule has 0 saturated heterocycles. The van der Waals surface area contributed by atoms with Gasteiger partial charge in [0.2, 0.25) is 0 Å². The Morgan fingerprint density at radius 1 is 1.28 bits per heavy atom. The first-order chi connectivity index (χ1) is 8.35. The topological polar surface area (TPSA) is 75.3 Å². The molecule has 0 radical (unpaired) electrons. The highest BCUT2D eigenvalue weighted by molar-refractivity contribution is 7.90. The van der Waals surface area contributed by atoms with E-state index in [2.05, 4.69) is 5.32 Å². The summed E-state index contributed by atoms with van der Waals surface area (Å²) in [5, 5.41) is 2.54. The Kier molecular flexibility index (Phi) is 4.72. The molecule has 0 aliphatic heterocycles. The highest BCUT2D eigenvalue weighted by Gasteiger charge is 2.17. The van der Waals surface area contributed by atoms with Crippen LogP contribution in [-0.2, 0) is 10.0 Å². The highest BCUT2D eigenvalue weighted by Crippen LogP contribution is 2.09. The summed E-state index contributed by atoms with van der Waals surface area (Å²) >= 11 is 0. The van der Waals surface area contributed by atoms with E-state index in [0.29, 0.717) is 0 Å². The van der Waals surface area contributed by atoms with Gasteiger partial charge < -0.3 is 5.32 Å². The molecular formula is C12H18N2O3S. The van der Waals surface area contributed by atoms with E-state index in [9.17, 15) is 13.2 Å². The van der Waals surface area contributed by atoms with Gasteiger partial charge in [-0.05, 0) is 32.4 Å². The second kappa shape index (κ2) is 5.86. The predicted molar refractivity (Wildman–Crippen MR) is 69.8 cm³/mol. The number of carbonyl (C=O) groups excluding carboxylic acids is 1. The van der Waals surface area contributed by atoms with Crippen molar-refractivity contribution in [3.63, 3.8) is 0 Å². The van der Waals surface area contributed by atoms with Crippen molar-refractivity contribution in [3.05, 3.63) is 29.8 Å². The van der Waals surface area contributed by atoms with Gasteiger partial charge >= 0.3 is 6.03 Å². The maximum atomic E-state index is 11.9. The van der Waals surface area contributed by atoms with Crippen LogP contribution in [0, 0.1) is 6.92 Å². The first kappa shape index (κ1) is 14.5. The Bertz CT molecular complexity index is 509. The molecule has 0 heterocycles. The normalized spacial score (nSPS) is 12.8. The third-order valence-electron chi connectivity index (χ3n) is 2.55. The Morgan fingerprint density at radius 2 is 1.83 bits per heavy atom. The number of carbonyl (C=O) groups is 1. The Labute approximate surface area is 108 Å². The molecule has 1 rings (SSSR count). The summed E-state index contributed by atoms with van der Waals surface area (Å²) in [6, 6.07) is 5.52. The molecule has 0 spiro atoms. The van der Waals surface area contributed by atoms with Crippen LogP contribution in [-0.4, -0.2) is 20.5 Å². The summed E-state index contributed by atoms with van der Waals surface area (Å²) in [6.45, 7) is 5.57. The average molecular weight is 270 g/mol. The molecule has 1 atom stereocenters. The van der Waals surface area contributed by atoms with Gasteiger partial charge in [0.1, 0.15) is 0 Å². The third kappa shape index (κ3) is 4.03. The second-order valence-corrected chi connectivity index (χ2v) is 5.88. The van der Waals surface area contributed by atoms with E-state index >= 15 is 0 Å². The molecule has 0 aliphatic carbocycles. The van der Waals surface area contributed by atoms with Crippen molar-refractivity contribution in [1.29, 1.82) is 0 Å². The molecule has 2 amide bonds. The summed E-state index contributed by atoms with van der Waals surface area (Å²) < 4.78 is 25.7. The van der Waals surface area contributed by atoms with Crippen LogP contribution in [0.4, 0.5) is 4.79 Å². The SMILES string of the molecule is CC[C@@H](C)NC(=O)NS(=O)(=O)c1ccc(C)cc1. The molecule has 0 aliphatic rings. The van der Waals surface area contributed by atoms with E-state index in [1.165, 1.54) is 12.1 Å². The van der Waals surface area contributed by atoms with Crippen LogP contribution in [0.2, 0.25) is 0 Å². The zero-order chi connectivity index (χ0) is 13.8. The number of aryl methyl sites for hydroxylation is 1. The summed E-state index contributed by atoms with van der Waals surface area (Å²) in [6.07, 6.45) is 0.734. The van der Waals surface area contributed by atoms with Gasteiger partial charge in [-0.25, -0.2) is 17.9 Å². The van der Waals surface area contributed by atoms with Crippen LogP contribution in [0.5, 0.6) is 0 Å². The molecule has 0 saturated carbocycles. The quantitative estimate of drug-likeness (QED) is 0.875. The molecular weight excluding hydrogens is 252 g/mol. The maximum Gasteiger partial charge on any atom is 0.328 e. The number of amides is 2. The second-order valence-electron chi connectivity index (χ2n) is 4.20. The van der Waals surface area contributed by atoms with Crippen LogP contribution in [0.15, 0.2) is 29.2 Å². The molecule has 2 N–H and O–H groups in total. The number of sulfonamides is 1. The van der Waals surface area contributed by atoms with Crippen molar-refractivity contribution >= 4 is 16.1 Å². The molecule has 0 fully saturated rings. The largest absolute Gasteiger partial charge is 0.335 e. The summed E-state index contributed by atoms with van der Waals surface area (Å²) in [5.41, 5.74) is 0.956. The van der Waals surface area contributed by atoms with Crippen molar-refractivity contribution in [2.45, 2.75) is 38.1 Å². The lowest BCUT2D eigenvalue weighted by Crippen LogP contribution is -2.43. The van der Waals surface area contributed by atoms with E-state index in [0.717, 1.165) is 12.0 Å². The fourth-order valence-corrected chi connectivity index (χ4v) is 2.17. The van der Waals surface area contributed by atoms with E-state index < -0.39 is 16.1 Å². The number of rotatable bonds is 4. The van der Waals surface area contributed by atoms with Crippen molar-refractivity contribution in [1.82, 2.24) is 10.0 Å². The van der Waals surface area contributed by atoms with Gasteiger partial charge in [0.25, 0.3) is 10.0 Å². The lowest BCUT2D eigenvalue weighted by molar-refractivity contribution is 0.242. The Hall–Kier alpha value is -1.56. The number of hydrogen-bond acceptors (Lipinski definition) is 3. The van der Waals surface area contributed by atoms with Gasteiger partial charge in [-0.2, -0.15) is 0 Å². The predicted octanol–water partition coefficient (Wildman–Crippen LogP) is 1.78. The smallest absolute Gasteiger partial charge is 0.328 e. The van der Waals surface area contributed by atoms with Gasteiger partial charge in [0, 0.05) is 6.04 Å². The van der Waals surface area contributed by atoms with Crippen LogP contribution in [0.3, 0.4) is 0 Å². The van der Waals surface area contributed by atoms with Crippen LogP contribution in [0.1, 0.15) is 25.8 Å². The van der Waals surface area contributed by atoms with E-state index in [1.54, 1.807) is 19.1 Å². The summed E-state index contributed by atoms with van der Waals surface area (Å²) in [4.78, 5) is 11.5. The fraction of sp³-hybridized carbons (Fsp3) is 0.417. The number of benzene rings is 1. The van der Waals surface area contributed by atoms with Crippen molar-refractivity contribution in [2.75, 3.05) is 0 Å².